The van der Waals surface area contributed by atoms with Gasteiger partial charge in [0.25, 0.3) is 0 Å². The maximum atomic E-state index is 5.26. The number of hydrogen-bond acceptors (Lipinski definition) is 3. The van der Waals surface area contributed by atoms with E-state index in [9.17, 15) is 0 Å². The molecule has 0 aromatic heterocycles. The van der Waals surface area contributed by atoms with Crippen molar-refractivity contribution >= 4 is 5.96 Å². The highest BCUT2D eigenvalue weighted by Gasteiger charge is 2.01. The molecular formula is C14H23N3O2. The van der Waals surface area contributed by atoms with E-state index in [1.165, 1.54) is 5.56 Å². The molecule has 1 aromatic rings. The molecule has 106 valence electrons. The van der Waals surface area contributed by atoms with Crippen LogP contribution in [-0.4, -0.2) is 40.4 Å². The fraction of sp³-hybridized carbons (Fsp3) is 0.500. The van der Waals surface area contributed by atoms with Gasteiger partial charge in [0.05, 0.1) is 13.7 Å². The van der Waals surface area contributed by atoms with Crippen LogP contribution in [0.5, 0.6) is 5.75 Å². The smallest absolute Gasteiger partial charge is 0.191 e. The number of benzene rings is 1. The van der Waals surface area contributed by atoms with Gasteiger partial charge in [0.2, 0.25) is 0 Å². The Hall–Kier alpha value is -1.75. The first-order valence-electron chi connectivity index (χ1n) is 6.27. The molecule has 0 aliphatic carbocycles. The van der Waals surface area contributed by atoms with Gasteiger partial charge in [-0.05, 0) is 30.2 Å². The molecule has 0 amide bonds. The minimum absolute atomic E-state index is 0.652. The number of ether oxygens (including phenoxy) is 2. The lowest BCUT2D eigenvalue weighted by molar-refractivity contribution is 0.203. The topological polar surface area (TPSA) is 54.9 Å². The Morgan fingerprint density at radius 2 is 2.00 bits per heavy atom. The van der Waals surface area contributed by atoms with E-state index in [1.807, 2.05) is 12.1 Å². The van der Waals surface area contributed by atoms with E-state index in [0.717, 1.165) is 23.8 Å². The Morgan fingerprint density at radius 1 is 1.21 bits per heavy atom. The van der Waals surface area contributed by atoms with Gasteiger partial charge in [0, 0.05) is 27.2 Å². The summed E-state index contributed by atoms with van der Waals surface area (Å²) in [5, 5.41) is 6.42. The number of rotatable bonds is 6. The Balaban J connectivity index is 2.52. The highest BCUT2D eigenvalue weighted by atomic mass is 16.5. The fourth-order valence-electron chi connectivity index (χ4n) is 1.72. The van der Waals surface area contributed by atoms with Crippen LogP contribution in [-0.2, 0) is 11.3 Å². The number of guanidine groups is 1. The van der Waals surface area contributed by atoms with Gasteiger partial charge in [-0.15, -0.1) is 0 Å². The van der Waals surface area contributed by atoms with E-state index in [2.05, 4.69) is 28.6 Å². The van der Waals surface area contributed by atoms with Crippen LogP contribution in [0, 0.1) is 6.92 Å². The lowest BCUT2D eigenvalue weighted by Crippen LogP contribution is -2.38. The van der Waals surface area contributed by atoms with Gasteiger partial charge in [-0.2, -0.15) is 0 Å². The van der Waals surface area contributed by atoms with Gasteiger partial charge >= 0.3 is 0 Å². The normalized spacial score (nSPS) is 11.3. The molecule has 0 heterocycles. The number of methoxy groups -OCH3 is 2. The SMILES string of the molecule is CN=C(NCCOC)NCc1cc(C)cc(OC)c1. The van der Waals surface area contributed by atoms with Crippen molar-refractivity contribution in [3.8, 4) is 5.75 Å². The van der Waals surface area contributed by atoms with E-state index in [-0.39, 0.29) is 0 Å². The largest absolute Gasteiger partial charge is 0.497 e. The van der Waals surface area contributed by atoms with Crippen LogP contribution >= 0.6 is 0 Å². The number of aliphatic imine (C=N–C) groups is 1. The summed E-state index contributed by atoms with van der Waals surface area (Å²) in [6.07, 6.45) is 0. The van der Waals surface area contributed by atoms with Crippen molar-refractivity contribution < 1.29 is 9.47 Å². The van der Waals surface area contributed by atoms with E-state index in [4.69, 9.17) is 9.47 Å². The lowest BCUT2D eigenvalue weighted by atomic mass is 10.1. The molecule has 2 N–H and O–H groups in total. The summed E-state index contributed by atoms with van der Waals surface area (Å²) in [4.78, 5) is 4.15. The van der Waals surface area contributed by atoms with Gasteiger partial charge in [-0.1, -0.05) is 6.07 Å². The summed E-state index contributed by atoms with van der Waals surface area (Å²) < 4.78 is 10.2. The minimum Gasteiger partial charge on any atom is -0.497 e. The molecule has 0 aliphatic heterocycles. The molecule has 0 aliphatic rings. The van der Waals surface area contributed by atoms with E-state index in [1.54, 1.807) is 21.3 Å². The van der Waals surface area contributed by atoms with Crippen LogP contribution in [0.3, 0.4) is 0 Å². The molecule has 0 saturated heterocycles. The minimum atomic E-state index is 0.652. The van der Waals surface area contributed by atoms with Crippen molar-refractivity contribution in [1.29, 1.82) is 0 Å². The summed E-state index contributed by atoms with van der Waals surface area (Å²) in [6, 6.07) is 6.15. The second-order valence-corrected chi connectivity index (χ2v) is 4.20. The van der Waals surface area contributed by atoms with Crippen molar-refractivity contribution in [2.24, 2.45) is 4.99 Å². The number of nitrogens with zero attached hydrogens (tertiary/aromatic N) is 1. The average molecular weight is 265 g/mol. The van der Waals surface area contributed by atoms with Crippen molar-refractivity contribution in [2.45, 2.75) is 13.5 Å². The maximum absolute atomic E-state index is 5.26. The van der Waals surface area contributed by atoms with Gasteiger partial charge in [0.1, 0.15) is 5.75 Å². The Morgan fingerprint density at radius 3 is 2.63 bits per heavy atom. The van der Waals surface area contributed by atoms with E-state index in [0.29, 0.717) is 13.2 Å². The summed E-state index contributed by atoms with van der Waals surface area (Å²) in [5.74, 6) is 1.64. The predicted octanol–water partition coefficient (Wildman–Crippen LogP) is 1.32. The first-order chi connectivity index (χ1) is 9.19. The van der Waals surface area contributed by atoms with Crippen LogP contribution in [0.15, 0.2) is 23.2 Å². The van der Waals surface area contributed by atoms with Crippen molar-refractivity contribution in [3.63, 3.8) is 0 Å². The molecule has 1 rings (SSSR count). The molecular weight excluding hydrogens is 242 g/mol. The standard InChI is InChI=1S/C14H23N3O2/c1-11-7-12(9-13(8-11)19-4)10-17-14(15-2)16-5-6-18-3/h7-9H,5-6,10H2,1-4H3,(H2,15,16,17). The molecule has 1 aromatic carbocycles. The monoisotopic (exact) mass is 265 g/mol. The van der Waals surface area contributed by atoms with Crippen LogP contribution in [0.1, 0.15) is 11.1 Å². The third kappa shape index (κ3) is 5.61. The number of aryl methyl sites for hydroxylation is 1. The van der Waals surface area contributed by atoms with Gasteiger partial charge in [-0.25, -0.2) is 0 Å². The molecule has 0 atom stereocenters. The second kappa shape index (κ2) is 8.37. The van der Waals surface area contributed by atoms with E-state index < -0.39 is 0 Å². The molecule has 0 fully saturated rings. The Bertz CT molecular complexity index is 419. The highest BCUT2D eigenvalue weighted by molar-refractivity contribution is 5.79. The third-order valence-electron chi connectivity index (χ3n) is 2.63. The van der Waals surface area contributed by atoms with Crippen molar-refractivity contribution in [2.75, 3.05) is 34.4 Å². The number of nitrogens with one attached hydrogen (secondary N) is 2. The number of hydrogen-bond donors (Lipinski definition) is 2. The molecule has 5 heteroatoms. The van der Waals surface area contributed by atoms with Gasteiger partial charge in [-0.3, -0.25) is 4.99 Å². The van der Waals surface area contributed by atoms with Gasteiger partial charge in [0.15, 0.2) is 5.96 Å². The zero-order valence-electron chi connectivity index (χ0n) is 12.1. The van der Waals surface area contributed by atoms with Crippen molar-refractivity contribution in [1.82, 2.24) is 10.6 Å². The van der Waals surface area contributed by atoms with Crippen LogP contribution in [0.25, 0.3) is 0 Å². The summed E-state index contributed by atoms with van der Waals surface area (Å²) in [7, 11) is 5.10. The fourth-order valence-corrected chi connectivity index (χ4v) is 1.72. The van der Waals surface area contributed by atoms with Crippen LogP contribution in [0.4, 0.5) is 0 Å². The predicted molar refractivity (Wildman–Crippen MR) is 77.8 cm³/mol. The van der Waals surface area contributed by atoms with Crippen LogP contribution < -0.4 is 15.4 Å². The molecule has 19 heavy (non-hydrogen) atoms. The lowest BCUT2D eigenvalue weighted by Gasteiger charge is -2.12. The van der Waals surface area contributed by atoms with E-state index >= 15 is 0 Å². The zero-order chi connectivity index (χ0) is 14.1. The van der Waals surface area contributed by atoms with Crippen LogP contribution in [0.2, 0.25) is 0 Å². The average Bonchev–Trinajstić information content (AvgIpc) is 2.42. The van der Waals surface area contributed by atoms with Crippen molar-refractivity contribution in [3.05, 3.63) is 29.3 Å². The summed E-state index contributed by atoms with van der Waals surface area (Å²) in [5.41, 5.74) is 2.34. The molecule has 0 spiro atoms. The third-order valence-corrected chi connectivity index (χ3v) is 2.63. The summed E-state index contributed by atoms with van der Waals surface area (Å²) in [6.45, 7) is 4.13. The molecule has 5 nitrogen and oxygen atoms in total. The molecule has 0 unspecified atom stereocenters. The second-order valence-electron chi connectivity index (χ2n) is 4.20. The Kier molecular flexibility index (Phi) is 6.74. The zero-order valence-corrected chi connectivity index (χ0v) is 12.1. The highest BCUT2D eigenvalue weighted by Crippen LogP contribution is 2.16. The first kappa shape index (κ1) is 15.3. The Labute approximate surface area is 115 Å². The molecule has 0 saturated carbocycles. The first-order valence-corrected chi connectivity index (χ1v) is 6.27. The van der Waals surface area contributed by atoms with Gasteiger partial charge < -0.3 is 20.1 Å². The summed E-state index contributed by atoms with van der Waals surface area (Å²) >= 11 is 0. The maximum Gasteiger partial charge on any atom is 0.191 e. The quantitative estimate of drug-likeness (QED) is 0.463. The molecule has 0 radical (unpaired) electrons. The molecule has 0 bridgehead atoms.